The van der Waals surface area contributed by atoms with Gasteiger partial charge in [0.25, 0.3) is 0 Å². The van der Waals surface area contributed by atoms with Crippen molar-refractivity contribution in [3.8, 4) is 27.9 Å². The van der Waals surface area contributed by atoms with Crippen molar-refractivity contribution in [1.29, 1.82) is 0 Å². The van der Waals surface area contributed by atoms with Gasteiger partial charge >= 0.3 is 0 Å². The molecule has 0 spiro atoms. The number of dihydropyridines is 1. The fourth-order valence-corrected chi connectivity index (χ4v) is 9.55. The summed E-state index contributed by atoms with van der Waals surface area (Å²) >= 11 is 0. The summed E-state index contributed by atoms with van der Waals surface area (Å²) in [5.41, 5.74) is 22.5. The molecule has 1 aliphatic carbocycles. The normalized spacial score (nSPS) is 15.9. The van der Waals surface area contributed by atoms with E-state index in [-0.39, 0.29) is 0 Å². The minimum atomic E-state index is -0.504. The van der Waals surface area contributed by atoms with Gasteiger partial charge in [0, 0.05) is 39.5 Å². The monoisotopic (exact) mass is 845 g/mol. The van der Waals surface area contributed by atoms with Crippen molar-refractivity contribution >= 4 is 50.5 Å². The minimum absolute atomic E-state index is 0.504. The topological polar surface area (TPSA) is 20.5 Å². The van der Waals surface area contributed by atoms with Gasteiger partial charge in [-0.25, -0.2) is 0 Å². The molecule has 2 bridgehead atoms. The Balaban J connectivity index is 0.000000632. The van der Waals surface area contributed by atoms with Gasteiger partial charge in [-0.15, -0.1) is 0 Å². The number of aromatic nitrogens is 1. The first kappa shape index (κ1) is 40.3. The second-order valence-corrected chi connectivity index (χ2v) is 17.2. The number of nitrogens with zero attached hydrogens (tertiary/aromatic N) is 3. The van der Waals surface area contributed by atoms with Crippen LogP contribution in [-0.4, -0.2) is 10.8 Å². The summed E-state index contributed by atoms with van der Waals surface area (Å²) < 4.78 is 2.41. The summed E-state index contributed by atoms with van der Waals surface area (Å²) in [7, 11) is 0. The molecule has 12 rings (SSSR count). The molecule has 1 atom stereocenters. The predicted molar refractivity (Wildman–Crippen MR) is 280 cm³/mol. The summed E-state index contributed by atoms with van der Waals surface area (Å²) in [6, 6.07) is 71.5. The number of aryl methyl sites for hydroxylation is 1. The highest BCUT2D eigenvalue weighted by molar-refractivity contribution is 6.09. The molecular formula is C63H47N3. The molecule has 314 valence electrons. The lowest BCUT2D eigenvalue weighted by Gasteiger charge is -2.32. The van der Waals surface area contributed by atoms with E-state index in [0.717, 1.165) is 78.4 Å². The Labute approximate surface area is 387 Å². The van der Waals surface area contributed by atoms with Crippen LogP contribution in [0.2, 0.25) is 0 Å². The number of allylic oxidation sites excluding steroid dienone is 5. The third kappa shape index (κ3) is 7.28. The maximum absolute atomic E-state index is 4.88. The third-order valence-corrected chi connectivity index (χ3v) is 13.1. The Hall–Kier alpha value is -8.49. The maximum Gasteiger partial charge on any atom is 0.108 e. The van der Waals surface area contributed by atoms with Gasteiger partial charge in [0.2, 0.25) is 0 Å². The molecule has 9 aromatic rings. The van der Waals surface area contributed by atoms with Crippen LogP contribution < -0.4 is 4.90 Å². The molecule has 0 amide bonds. The van der Waals surface area contributed by atoms with E-state index in [2.05, 4.69) is 242 Å². The second-order valence-electron chi connectivity index (χ2n) is 17.2. The number of anilines is 2. The van der Waals surface area contributed by atoms with Crippen LogP contribution in [0.5, 0.6) is 0 Å². The van der Waals surface area contributed by atoms with Crippen LogP contribution in [0, 0.1) is 6.92 Å². The molecule has 0 fully saturated rings. The van der Waals surface area contributed by atoms with Crippen LogP contribution in [-0.2, 0) is 5.54 Å². The Morgan fingerprint density at radius 1 is 0.530 bits per heavy atom. The number of benzene rings is 8. The SMILES string of the molecule is C=C1C(c2ccc(-c3ccc(-c4cc(N5C6=C=C(C=CC=C6)c6ccccc65)cc(-n5c6ccccc6c6ccccc65)c4)cc3)cc2)=CC=NC1(C)c1ccccc1.Cc1ccccc1. The first-order chi connectivity index (χ1) is 32.4. The van der Waals surface area contributed by atoms with Crippen LogP contribution in [0.1, 0.15) is 29.2 Å². The third-order valence-electron chi connectivity index (χ3n) is 13.1. The number of hydrogen-bond donors (Lipinski definition) is 0. The van der Waals surface area contributed by atoms with E-state index in [1.807, 2.05) is 30.5 Å². The first-order valence-corrected chi connectivity index (χ1v) is 22.6. The summed E-state index contributed by atoms with van der Waals surface area (Å²) in [5, 5.41) is 2.48. The molecule has 1 aromatic heterocycles. The lowest BCUT2D eigenvalue weighted by atomic mass is 9.78. The van der Waals surface area contributed by atoms with Crippen LogP contribution in [0.4, 0.5) is 11.4 Å². The Morgan fingerprint density at radius 2 is 1.08 bits per heavy atom. The molecule has 0 saturated carbocycles. The van der Waals surface area contributed by atoms with Gasteiger partial charge in [-0.2, -0.15) is 0 Å². The molecule has 3 heteroatoms. The molecule has 2 aliphatic heterocycles. The summed E-state index contributed by atoms with van der Waals surface area (Å²) in [6.45, 7) is 8.77. The summed E-state index contributed by atoms with van der Waals surface area (Å²) in [6.07, 6.45) is 12.5. The molecule has 66 heavy (non-hydrogen) atoms. The van der Waals surface area contributed by atoms with Gasteiger partial charge in [-0.3, -0.25) is 4.99 Å². The van der Waals surface area contributed by atoms with E-state index >= 15 is 0 Å². The molecule has 8 aromatic carbocycles. The zero-order valence-electron chi connectivity index (χ0n) is 37.1. The van der Waals surface area contributed by atoms with Crippen molar-refractivity contribution in [2.45, 2.75) is 19.4 Å². The fourth-order valence-electron chi connectivity index (χ4n) is 9.55. The second kappa shape index (κ2) is 16.9. The van der Waals surface area contributed by atoms with Gasteiger partial charge in [-0.05, 0) is 113 Å². The highest BCUT2D eigenvalue weighted by Crippen LogP contribution is 2.45. The smallest absolute Gasteiger partial charge is 0.108 e. The number of hydrogen-bond acceptors (Lipinski definition) is 2. The van der Waals surface area contributed by atoms with E-state index in [4.69, 9.17) is 4.99 Å². The molecular weight excluding hydrogens is 799 g/mol. The van der Waals surface area contributed by atoms with Crippen molar-refractivity contribution in [2.75, 3.05) is 4.90 Å². The van der Waals surface area contributed by atoms with Crippen molar-refractivity contribution in [1.82, 2.24) is 4.57 Å². The number of fused-ring (bicyclic) bond motifs is 5. The fraction of sp³-hybridized carbons (Fsp3) is 0.0476. The van der Waals surface area contributed by atoms with Crippen LogP contribution in [0.15, 0.2) is 259 Å². The van der Waals surface area contributed by atoms with Gasteiger partial charge in [0.15, 0.2) is 0 Å². The van der Waals surface area contributed by atoms with Crippen LogP contribution >= 0.6 is 0 Å². The highest BCUT2D eigenvalue weighted by atomic mass is 15.2. The minimum Gasteiger partial charge on any atom is -0.309 e. The lowest BCUT2D eigenvalue weighted by molar-refractivity contribution is 0.611. The van der Waals surface area contributed by atoms with Crippen LogP contribution in [0.25, 0.3) is 60.9 Å². The first-order valence-electron chi connectivity index (χ1n) is 22.6. The largest absolute Gasteiger partial charge is 0.309 e. The van der Waals surface area contributed by atoms with E-state index in [1.54, 1.807) is 0 Å². The van der Waals surface area contributed by atoms with Crippen molar-refractivity contribution in [3.63, 3.8) is 0 Å². The Kier molecular flexibility index (Phi) is 10.3. The van der Waals surface area contributed by atoms with Crippen molar-refractivity contribution in [3.05, 3.63) is 276 Å². The molecule has 0 radical (unpaired) electrons. The molecule has 3 heterocycles. The average molecular weight is 846 g/mol. The molecule has 0 saturated heterocycles. The van der Waals surface area contributed by atoms with Gasteiger partial charge < -0.3 is 9.47 Å². The number of aliphatic imine (C=N–C) groups is 1. The maximum atomic E-state index is 4.88. The molecule has 3 nitrogen and oxygen atoms in total. The van der Waals surface area contributed by atoms with E-state index in [9.17, 15) is 0 Å². The zero-order valence-corrected chi connectivity index (χ0v) is 37.1. The van der Waals surface area contributed by atoms with E-state index < -0.39 is 5.54 Å². The van der Waals surface area contributed by atoms with Gasteiger partial charge in [0.1, 0.15) is 5.54 Å². The number of para-hydroxylation sites is 3. The Morgan fingerprint density at radius 3 is 1.73 bits per heavy atom. The average Bonchev–Trinajstić information content (AvgIpc) is 3.56. The van der Waals surface area contributed by atoms with Crippen molar-refractivity contribution < 1.29 is 0 Å². The van der Waals surface area contributed by atoms with Crippen LogP contribution in [0.3, 0.4) is 0 Å². The molecule has 0 N–H and O–H groups in total. The van der Waals surface area contributed by atoms with E-state index in [1.165, 1.54) is 27.4 Å². The highest BCUT2D eigenvalue weighted by Gasteiger charge is 2.33. The predicted octanol–water partition coefficient (Wildman–Crippen LogP) is 16.2. The molecule has 3 aliphatic rings. The summed E-state index contributed by atoms with van der Waals surface area (Å²) in [5.74, 6) is 0. The van der Waals surface area contributed by atoms with Gasteiger partial charge in [0.05, 0.1) is 22.4 Å². The number of rotatable bonds is 6. The lowest BCUT2D eigenvalue weighted by Crippen LogP contribution is -2.25. The zero-order chi connectivity index (χ0) is 44.6. The summed E-state index contributed by atoms with van der Waals surface area (Å²) in [4.78, 5) is 7.23. The van der Waals surface area contributed by atoms with Gasteiger partial charge in [-0.1, -0.05) is 194 Å². The quantitative estimate of drug-likeness (QED) is 0.153. The van der Waals surface area contributed by atoms with Crippen molar-refractivity contribution in [2.24, 2.45) is 4.99 Å². The van der Waals surface area contributed by atoms with E-state index in [0.29, 0.717) is 0 Å². The standard InChI is InChI=1S/C56H39N3.C7H8/c1-38-49(32-33-57-56(38,2)45-15-4-3-5-16-45)42-30-28-40(29-31-42)39-24-26-41(27-25-39)44-35-47(58-46-17-7-6-14-43(34-46)50-18-8-11-21-53(50)58)37-48(36-44)59-54-22-12-9-19-51(54)52-20-10-13-23-55(52)59;1-7-5-3-2-4-6-7/h3-33,35-37H,1H2,2H3;2-6H,1H3. The Bertz CT molecular complexity index is 3470. The molecule has 1 unspecified atom stereocenters.